The fourth-order valence-corrected chi connectivity index (χ4v) is 2.30. The third-order valence-electron chi connectivity index (χ3n) is 3.30. The summed E-state index contributed by atoms with van der Waals surface area (Å²) in [6.07, 6.45) is 8.69. The first-order valence-electron chi connectivity index (χ1n) is 7.00. The summed E-state index contributed by atoms with van der Waals surface area (Å²) in [4.78, 5) is 4.41. The second-order valence-corrected chi connectivity index (χ2v) is 4.92. The van der Waals surface area contributed by atoms with E-state index in [1.165, 1.54) is 25.7 Å². The molecular weight excluding hydrogens is 238 g/mol. The van der Waals surface area contributed by atoms with E-state index in [1.54, 1.807) is 0 Å². The van der Waals surface area contributed by atoms with Crippen molar-refractivity contribution >= 4 is 0 Å². The maximum absolute atomic E-state index is 4.41. The average molecular weight is 259 g/mol. The molecule has 0 aliphatic heterocycles. The van der Waals surface area contributed by atoms with Crippen LogP contribution in [-0.2, 0) is 12.8 Å². The monoisotopic (exact) mass is 259 g/mol. The molecule has 2 heterocycles. The van der Waals surface area contributed by atoms with E-state index < -0.39 is 0 Å². The van der Waals surface area contributed by atoms with Crippen LogP contribution in [0.15, 0.2) is 24.4 Å². The molecule has 1 unspecified atom stereocenters. The normalized spacial score (nSPS) is 12.5. The highest BCUT2D eigenvalue weighted by Gasteiger charge is 2.13. The molecule has 5 nitrogen and oxygen atoms in total. The Balaban J connectivity index is 1.93. The zero-order valence-corrected chi connectivity index (χ0v) is 11.4. The van der Waals surface area contributed by atoms with Crippen molar-refractivity contribution in [2.45, 2.75) is 45.4 Å². The Bertz CT molecular complexity index is 440. The van der Waals surface area contributed by atoms with E-state index in [9.17, 15) is 0 Å². The van der Waals surface area contributed by atoms with Gasteiger partial charge in [-0.3, -0.25) is 4.98 Å². The molecule has 2 aromatic heterocycles. The van der Waals surface area contributed by atoms with Crippen LogP contribution in [0.5, 0.6) is 0 Å². The quantitative estimate of drug-likeness (QED) is 0.740. The molecule has 1 N–H and O–H groups in total. The smallest absolute Gasteiger partial charge is 0.174 e. The number of hydrogen-bond acceptors (Lipinski definition) is 4. The highest BCUT2D eigenvalue weighted by Crippen LogP contribution is 2.18. The first-order chi connectivity index (χ1) is 9.38. The fraction of sp³-hybridized carbons (Fsp3) is 0.571. The molecule has 2 aromatic rings. The standard InChI is InChI=1S/C14H21N5/c1-2-3-4-7-12(11-14-16-18-19-17-14)10-13-8-5-6-9-15-13/h5-6,8-9,12H,2-4,7,10-11H2,1H3,(H,16,17,18,19). The number of unbranched alkanes of at least 4 members (excludes halogenated alkanes) is 2. The molecule has 0 saturated heterocycles. The Morgan fingerprint density at radius 2 is 2.16 bits per heavy atom. The molecule has 0 saturated carbocycles. The van der Waals surface area contributed by atoms with E-state index in [-0.39, 0.29) is 0 Å². The van der Waals surface area contributed by atoms with Crippen LogP contribution in [0, 0.1) is 5.92 Å². The summed E-state index contributed by atoms with van der Waals surface area (Å²) in [6.45, 7) is 2.23. The van der Waals surface area contributed by atoms with Gasteiger partial charge >= 0.3 is 0 Å². The van der Waals surface area contributed by atoms with Gasteiger partial charge in [-0.1, -0.05) is 37.5 Å². The van der Waals surface area contributed by atoms with Crippen molar-refractivity contribution in [1.29, 1.82) is 0 Å². The third-order valence-corrected chi connectivity index (χ3v) is 3.30. The number of H-pyrrole nitrogens is 1. The van der Waals surface area contributed by atoms with Gasteiger partial charge in [0.05, 0.1) is 0 Å². The zero-order chi connectivity index (χ0) is 13.3. The Morgan fingerprint density at radius 3 is 2.84 bits per heavy atom. The summed E-state index contributed by atoms with van der Waals surface area (Å²) in [5, 5.41) is 14.3. The molecule has 0 fully saturated rings. The van der Waals surface area contributed by atoms with Crippen LogP contribution in [-0.4, -0.2) is 25.6 Å². The predicted octanol–water partition coefficient (Wildman–Crippen LogP) is 2.58. The maximum atomic E-state index is 4.41. The number of hydrogen-bond donors (Lipinski definition) is 1. The second-order valence-electron chi connectivity index (χ2n) is 4.92. The lowest BCUT2D eigenvalue weighted by Gasteiger charge is -2.14. The lowest BCUT2D eigenvalue weighted by atomic mass is 9.92. The van der Waals surface area contributed by atoms with Crippen molar-refractivity contribution in [1.82, 2.24) is 25.6 Å². The van der Waals surface area contributed by atoms with Crippen LogP contribution in [0.25, 0.3) is 0 Å². The van der Waals surface area contributed by atoms with Crippen LogP contribution < -0.4 is 0 Å². The Kier molecular flexibility index (Phi) is 5.47. The highest BCUT2D eigenvalue weighted by atomic mass is 15.5. The number of nitrogens with zero attached hydrogens (tertiary/aromatic N) is 4. The maximum Gasteiger partial charge on any atom is 0.174 e. The molecule has 1 atom stereocenters. The van der Waals surface area contributed by atoms with Crippen molar-refractivity contribution in [2.24, 2.45) is 5.92 Å². The molecule has 2 rings (SSSR count). The van der Waals surface area contributed by atoms with Gasteiger partial charge in [-0.15, -0.1) is 10.2 Å². The van der Waals surface area contributed by atoms with Crippen molar-refractivity contribution in [3.05, 3.63) is 35.9 Å². The lowest BCUT2D eigenvalue weighted by Crippen LogP contribution is -2.11. The topological polar surface area (TPSA) is 67.3 Å². The minimum absolute atomic E-state index is 0.541. The summed E-state index contributed by atoms with van der Waals surface area (Å²) in [5.74, 6) is 1.34. The van der Waals surface area contributed by atoms with E-state index in [0.29, 0.717) is 5.92 Å². The summed E-state index contributed by atoms with van der Waals surface area (Å²) >= 11 is 0. The minimum Gasteiger partial charge on any atom is -0.261 e. The number of pyridine rings is 1. The molecule has 0 spiro atoms. The molecular formula is C14H21N5. The lowest BCUT2D eigenvalue weighted by molar-refractivity contribution is 0.440. The largest absolute Gasteiger partial charge is 0.261 e. The molecule has 0 bridgehead atoms. The number of aromatic amines is 1. The summed E-state index contributed by atoms with van der Waals surface area (Å²) in [7, 11) is 0. The Morgan fingerprint density at radius 1 is 1.21 bits per heavy atom. The first kappa shape index (κ1) is 13.6. The van der Waals surface area contributed by atoms with E-state index >= 15 is 0 Å². The van der Waals surface area contributed by atoms with Crippen LogP contribution in [0.1, 0.15) is 44.1 Å². The van der Waals surface area contributed by atoms with E-state index in [2.05, 4.69) is 38.6 Å². The van der Waals surface area contributed by atoms with Crippen LogP contribution in [0.3, 0.4) is 0 Å². The fourth-order valence-electron chi connectivity index (χ4n) is 2.30. The van der Waals surface area contributed by atoms with Gasteiger partial charge in [0.1, 0.15) is 0 Å². The SMILES string of the molecule is CCCCCC(Cc1ccccn1)Cc1nn[nH]n1. The molecule has 0 aliphatic rings. The van der Waals surface area contributed by atoms with Crippen LogP contribution in [0.4, 0.5) is 0 Å². The molecule has 0 amide bonds. The second kappa shape index (κ2) is 7.61. The van der Waals surface area contributed by atoms with Crippen molar-refractivity contribution in [3.8, 4) is 0 Å². The average Bonchev–Trinajstić information content (AvgIpc) is 2.93. The summed E-state index contributed by atoms with van der Waals surface area (Å²) in [5.41, 5.74) is 1.15. The van der Waals surface area contributed by atoms with E-state index in [0.717, 1.165) is 24.4 Å². The van der Waals surface area contributed by atoms with Crippen molar-refractivity contribution < 1.29 is 0 Å². The van der Waals surface area contributed by atoms with Crippen molar-refractivity contribution in [3.63, 3.8) is 0 Å². The molecule has 0 aliphatic carbocycles. The zero-order valence-electron chi connectivity index (χ0n) is 11.4. The predicted molar refractivity (Wildman–Crippen MR) is 73.5 cm³/mol. The molecule has 0 aromatic carbocycles. The number of tetrazole rings is 1. The Labute approximate surface area is 113 Å². The summed E-state index contributed by atoms with van der Waals surface area (Å²) < 4.78 is 0. The number of rotatable bonds is 8. The van der Waals surface area contributed by atoms with Gasteiger partial charge < -0.3 is 0 Å². The van der Waals surface area contributed by atoms with Gasteiger partial charge in [0.2, 0.25) is 0 Å². The van der Waals surface area contributed by atoms with Crippen molar-refractivity contribution in [2.75, 3.05) is 0 Å². The van der Waals surface area contributed by atoms with Gasteiger partial charge in [-0.25, -0.2) is 0 Å². The molecule has 5 heteroatoms. The molecule has 0 radical (unpaired) electrons. The minimum atomic E-state index is 0.541. The van der Waals surface area contributed by atoms with Gasteiger partial charge in [0, 0.05) is 18.3 Å². The first-order valence-corrected chi connectivity index (χ1v) is 7.00. The third kappa shape index (κ3) is 4.77. The molecule has 102 valence electrons. The molecule has 19 heavy (non-hydrogen) atoms. The van der Waals surface area contributed by atoms with Gasteiger partial charge in [-0.2, -0.15) is 5.21 Å². The Hall–Kier alpha value is -1.78. The number of nitrogens with one attached hydrogen (secondary N) is 1. The van der Waals surface area contributed by atoms with Crippen LogP contribution in [0.2, 0.25) is 0 Å². The van der Waals surface area contributed by atoms with Crippen LogP contribution >= 0.6 is 0 Å². The number of aromatic nitrogens is 5. The van der Waals surface area contributed by atoms with Gasteiger partial charge in [-0.05, 0) is 30.9 Å². The highest BCUT2D eigenvalue weighted by molar-refractivity contribution is 5.04. The van der Waals surface area contributed by atoms with Gasteiger partial charge in [0.15, 0.2) is 5.82 Å². The van der Waals surface area contributed by atoms with E-state index in [4.69, 9.17) is 0 Å². The van der Waals surface area contributed by atoms with E-state index in [1.807, 2.05) is 18.3 Å². The van der Waals surface area contributed by atoms with Gasteiger partial charge in [0.25, 0.3) is 0 Å². The summed E-state index contributed by atoms with van der Waals surface area (Å²) in [6, 6.07) is 6.08.